The van der Waals surface area contributed by atoms with E-state index >= 15 is 0 Å². The van der Waals surface area contributed by atoms with Crippen LogP contribution >= 0.6 is 0 Å². The summed E-state index contributed by atoms with van der Waals surface area (Å²) in [6.45, 7) is 10.8. The molecule has 2 aliphatic heterocycles. The smallest absolute Gasteiger partial charge is 0.224 e. The van der Waals surface area contributed by atoms with Gasteiger partial charge < -0.3 is 10.2 Å². The average molecular weight is 359 g/mol. The van der Waals surface area contributed by atoms with Crippen LogP contribution in [0.5, 0.6) is 0 Å². The van der Waals surface area contributed by atoms with Gasteiger partial charge in [-0.25, -0.2) is 0 Å². The number of aromatic nitrogens is 1. The van der Waals surface area contributed by atoms with E-state index in [0.717, 1.165) is 37.5 Å². The first kappa shape index (κ1) is 19.3. The van der Waals surface area contributed by atoms with Crippen LogP contribution in [0.3, 0.4) is 0 Å². The van der Waals surface area contributed by atoms with Crippen LogP contribution in [0.1, 0.15) is 45.2 Å². The van der Waals surface area contributed by atoms with Crippen LogP contribution in [-0.2, 0) is 11.3 Å². The molecule has 1 aromatic heterocycles. The Balaban J connectivity index is 1.44. The quantitative estimate of drug-likeness (QED) is 0.849. The van der Waals surface area contributed by atoms with E-state index in [9.17, 15) is 4.79 Å². The first-order valence-electron chi connectivity index (χ1n) is 10.3. The van der Waals surface area contributed by atoms with Gasteiger partial charge in [-0.2, -0.15) is 0 Å². The maximum absolute atomic E-state index is 12.6. The highest BCUT2D eigenvalue weighted by atomic mass is 16.1. The fourth-order valence-electron chi connectivity index (χ4n) is 4.36. The topological polar surface area (TPSA) is 48.5 Å². The zero-order valence-electron chi connectivity index (χ0n) is 16.4. The Morgan fingerprint density at radius 3 is 2.73 bits per heavy atom. The number of likely N-dealkylation sites (tertiary alicyclic amines) is 2. The second-order valence-electron chi connectivity index (χ2n) is 8.30. The summed E-state index contributed by atoms with van der Waals surface area (Å²) in [5.74, 6) is 1.06. The van der Waals surface area contributed by atoms with E-state index < -0.39 is 0 Å². The molecule has 0 aromatic carbocycles. The molecule has 1 amide bonds. The fraction of sp³-hybridized carbons (Fsp3) is 0.714. The van der Waals surface area contributed by atoms with Crippen LogP contribution in [-0.4, -0.2) is 59.5 Å². The molecular formula is C21H34N4O. The molecule has 5 nitrogen and oxygen atoms in total. The van der Waals surface area contributed by atoms with Crippen LogP contribution in [0.15, 0.2) is 24.4 Å². The van der Waals surface area contributed by atoms with Gasteiger partial charge in [0.15, 0.2) is 0 Å². The molecule has 2 fully saturated rings. The van der Waals surface area contributed by atoms with E-state index in [1.165, 1.54) is 32.5 Å². The van der Waals surface area contributed by atoms with Crippen molar-refractivity contribution in [3.63, 3.8) is 0 Å². The number of nitrogens with one attached hydrogen (secondary N) is 1. The average Bonchev–Trinajstić information content (AvgIpc) is 2.67. The summed E-state index contributed by atoms with van der Waals surface area (Å²) in [5.41, 5.74) is 0.922. The highest BCUT2D eigenvalue weighted by molar-refractivity contribution is 5.78. The summed E-state index contributed by atoms with van der Waals surface area (Å²) in [5, 5.41) is 3.08. The van der Waals surface area contributed by atoms with Crippen molar-refractivity contribution in [3.8, 4) is 0 Å². The van der Waals surface area contributed by atoms with Gasteiger partial charge in [-0.05, 0) is 63.4 Å². The molecule has 1 unspecified atom stereocenters. The summed E-state index contributed by atoms with van der Waals surface area (Å²) < 4.78 is 0. The van der Waals surface area contributed by atoms with Gasteiger partial charge in [-0.15, -0.1) is 0 Å². The van der Waals surface area contributed by atoms with Gasteiger partial charge in [0.2, 0.25) is 5.91 Å². The van der Waals surface area contributed by atoms with Crippen molar-refractivity contribution in [3.05, 3.63) is 30.1 Å². The molecule has 1 aromatic rings. The molecule has 0 radical (unpaired) electrons. The monoisotopic (exact) mass is 358 g/mol. The number of nitrogens with zero attached hydrogens (tertiary/aromatic N) is 3. The molecule has 1 N–H and O–H groups in total. The van der Waals surface area contributed by atoms with Gasteiger partial charge in [-0.1, -0.05) is 19.9 Å². The zero-order chi connectivity index (χ0) is 18.4. The largest absolute Gasteiger partial charge is 0.350 e. The first-order valence-corrected chi connectivity index (χ1v) is 10.3. The Morgan fingerprint density at radius 1 is 1.23 bits per heavy atom. The minimum Gasteiger partial charge on any atom is -0.350 e. The number of rotatable bonds is 6. The van der Waals surface area contributed by atoms with Gasteiger partial charge in [0.25, 0.3) is 0 Å². The number of pyridine rings is 1. The summed E-state index contributed by atoms with van der Waals surface area (Å²) in [7, 11) is 0. The van der Waals surface area contributed by atoms with Crippen LogP contribution in [0.4, 0.5) is 0 Å². The third kappa shape index (κ3) is 5.52. The molecule has 0 spiro atoms. The van der Waals surface area contributed by atoms with E-state index in [2.05, 4.69) is 33.9 Å². The summed E-state index contributed by atoms with van der Waals surface area (Å²) in [6, 6.07) is 6.47. The standard InChI is InChI=1S/C21H34N4O/c1-17(2)15-24-12-8-20(9-13-24)25-11-5-6-18(16-25)21(26)23-14-19-7-3-4-10-22-19/h3-4,7,10,17-18,20H,5-6,8-9,11-16H2,1-2H3,(H,23,26). The lowest BCUT2D eigenvalue weighted by Crippen LogP contribution is -2.51. The van der Waals surface area contributed by atoms with E-state index in [1.807, 2.05) is 18.2 Å². The minimum absolute atomic E-state index is 0.126. The lowest BCUT2D eigenvalue weighted by Gasteiger charge is -2.42. The molecule has 2 aliphatic rings. The Hall–Kier alpha value is -1.46. The molecule has 5 heteroatoms. The third-order valence-corrected chi connectivity index (χ3v) is 5.69. The van der Waals surface area contributed by atoms with Crippen LogP contribution in [0, 0.1) is 11.8 Å². The fourth-order valence-corrected chi connectivity index (χ4v) is 4.36. The van der Waals surface area contributed by atoms with Crippen molar-refractivity contribution in [2.24, 2.45) is 11.8 Å². The number of amides is 1. The number of hydrogen-bond acceptors (Lipinski definition) is 4. The number of piperidine rings is 2. The van der Waals surface area contributed by atoms with Gasteiger partial charge in [0.05, 0.1) is 18.2 Å². The predicted octanol–water partition coefficient (Wildman–Crippen LogP) is 2.53. The van der Waals surface area contributed by atoms with Crippen LogP contribution < -0.4 is 5.32 Å². The number of hydrogen-bond donors (Lipinski definition) is 1. The van der Waals surface area contributed by atoms with Gasteiger partial charge in [0.1, 0.15) is 0 Å². The zero-order valence-corrected chi connectivity index (χ0v) is 16.4. The molecule has 3 heterocycles. The maximum atomic E-state index is 12.6. The molecule has 0 bridgehead atoms. The van der Waals surface area contributed by atoms with E-state index in [1.54, 1.807) is 6.20 Å². The minimum atomic E-state index is 0.126. The Morgan fingerprint density at radius 2 is 2.04 bits per heavy atom. The van der Waals surface area contributed by atoms with Crippen molar-refractivity contribution < 1.29 is 4.79 Å². The number of carbonyl (C=O) groups excluding carboxylic acids is 1. The Kier molecular flexibility index (Phi) is 7.03. The normalized spacial score (nSPS) is 23.3. The lowest BCUT2D eigenvalue weighted by atomic mass is 9.93. The van der Waals surface area contributed by atoms with Crippen molar-refractivity contribution in [2.75, 3.05) is 32.7 Å². The summed E-state index contributed by atoms with van der Waals surface area (Å²) in [4.78, 5) is 22.1. The van der Waals surface area contributed by atoms with E-state index in [0.29, 0.717) is 12.6 Å². The summed E-state index contributed by atoms with van der Waals surface area (Å²) >= 11 is 0. The molecule has 0 saturated carbocycles. The summed E-state index contributed by atoms with van der Waals surface area (Å²) in [6.07, 6.45) is 6.41. The Bertz CT molecular complexity index is 554. The molecule has 144 valence electrons. The van der Waals surface area contributed by atoms with Crippen LogP contribution in [0.2, 0.25) is 0 Å². The molecular weight excluding hydrogens is 324 g/mol. The van der Waals surface area contributed by atoms with Crippen molar-refractivity contribution in [2.45, 2.75) is 52.1 Å². The maximum Gasteiger partial charge on any atom is 0.224 e. The SMILES string of the molecule is CC(C)CN1CCC(N2CCCC(C(=O)NCc3ccccn3)C2)CC1. The second-order valence-corrected chi connectivity index (χ2v) is 8.30. The molecule has 26 heavy (non-hydrogen) atoms. The Labute approximate surface area is 158 Å². The predicted molar refractivity (Wildman–Crippen MR) is 105 cm³/mol. The van der Waals surface area contributed by atoms with Crippen molar-refractivity contribution >= 4 is 5.91 Å². The highest BCUT2D eigenvalue weighted by Crippen LogP contribution is 2.24. The third-order valence-electron chi connectivity index (χ3n) is 5.69. The number of carbonyl (C=O) groups is 1. The van der Waals surface area contributed by atoms with Gasteiger partial charge in [0, 0.05) is 25.3 Å². The highest BCUT2D eigenvalue weighted by Gasteiger charge is 2.31. The van der Waals surface area contributed by atoms with Gasteiger partial charge in [-0.3, -0.25) is 14.7 Å². The first-order chi connectivity index (χ1) is 12.6. The van der Waals surface area contributed by atoms with E-state index in [-0.39, 0.29) is 11.8 Å². The molecule has 1 atom stereocenters. The molecule has 2 saturated heterocycles. The molecule has 3 rings (SSSR count). The van der Waals surface area contributed by atoms with Gasteiger partial charge >= 0.3 is 0 Å². The van der Waals surface area contributed by atoms with Crippen molar-refractivity contribution in [1.29, 1.82) is 0 Å². The lowest BCUT2D eigenvalue weighted by molar-refractivity contribution is -0.127. The molecule has 0 aliphatic carbocycles. The second kappa shape index (κ2) is 9.47. The van der Waals surface area contributed by atoms with Crippen LogP contribution in [0.25, 0.3) is 0 Å². The van der Waals surface area contributed by atoms with Crippen molar-refractivity contribution in [1.82, 2.24) is 20.1 Å². The van der Waals surface area contributed by atoms with E-state index in [4.69, 9.17) is 0 Å².